The number of aromatic nitrogens is 1. The Morgan fingerprint density at radius 2 is 1.49 bits per heavy atom. The molecule has 0 aliphatic rings. The Kier molecular flexibility index (Phi) is 7.76. The second-order valence-electron chi connectivity index (χ2n) is 9.78. The summed E-state index contributed by atoms with van der Waals surface area (Å²) in [6, 6.07) is 21.9. The van der Waals surface area contributed by atoms with E-state index in [1.54, 1.807) is 0 Å². The number of rotatable bonds is 10. The van der Waals surface area contributed by atoms with Gasteiger partial charge in [-0.15, -0.1) is 0 Å². The molecule has 0 bridgehead atoms. The first kappa shape index (κ1) is 24.8. The van der Waals surface area contributed by atoms with Gasteiger partial charge in [-0.1, -0.05) is 46.8 Å². The van der Waals surface area contributed by atoms with Crippen molar-refractivity contribution in [1.29, 1.82) is 0 Å². The molecule has 0 N–H and O–H groups in total. The van der Waals surface area contributed by atoms with E-state index >= 15 is 0 Å². The van der Waals surface area contributed by atoms with Gasteiger partial charge >= 0.3 is 0 Å². The highest BCUT2D eigenvalue weighted by atomic mass is 16.5. The van der Waals surface area contributed by atoms with Gasteiger partial charge in [0.25, 0.3) is 0 Å². The maximum absolute atomic E-state index is 6.05. The molecule has 4 aromatic rings. The number of oxazole rings is 1. The second-order valence-corrected chi connectivity index (χ2v) is 9.78. The summed E-state index contributed by atoms with van der Waals surface area (Å²) in [5.74, 6) is 2.96. The predicted octanol–water partition coefficient (Wildman–Crippen LogP) is 7.70. The number of hydrogen-bond acceptors (Lipinski definition) is 5. The maximum Gasteiger partial charge on any atom is 0.227 e. The van der Waals surface area contributed by atoms with Gasteiger partial charge in [-0.25, -0.2) is 4.98 Å². The average Bonchev–Trinajstić information content (AvgIpc) is 3.28. The molecule has 0 spiro atoms. The summed E-state index contributed by atoms with van der Waals surface area (Å²) in [5, 5.41) is 0. The molecular formula is C30H36N2O3. The molecule has 4 rings (SSSR count). The largest absolute Gasteiger partial charge is 0.494 e. The maximum atomic E-state index is 6.05. The summed E-state index contributed by atoms with van der Waals surface area (Å²) in [6.07, 6.45) is 1.01. The fourth-order valence-electron chi connectivity index (χ4n) is 3.96. The van der Waals surface area contributed by atoms with E-state index in [9.17, 15) is 0 Å². The van der Waals surface area contributed by atoms with Gasteiger partial charge in [0.05, 0.1) is 6.61 Å². The first-order valence-electron chi connectivity index (χ1n) is 12.5. The summed E-state index contributed by atoms with van der Waals surface area (Å²) in [4.78, 5) is 7.05. The van der Waals surface area contributed by atoms with Crippen LogP contribution < -0.4 is 9.47 Å². The highest BCUT2D eigenvalue weighted by Gasteiger charge is 2.14. The van der Waals surface area contributed by atoms with Crippen LogP contribution in [0.2, 0.25) is 0 Å². The van der Waals surface area contributed by atoms with E-state index in [1.807, 2.05) is 54.6 Å². The molecule has 0 aliphatic carbocycles. The minimum atomic E-state index is 0.114. The van der Waals surface area contributed by atoms with E-state index in [4.69, 9.17) is 13.9 Å². The van der Waals surface area contributed by atoms with Gasteiger partial charge in [-0.05, 0) is 79.0 Å². The summed E-state index contributed by atoms with van der Waals surface area (Å²) in [7, 11) is 0. The normalized spacial score (nSPS) is 11.8. The molecule has 0 fully saturated rings. The highest BCUT2D eigenvalue weighted by molar-refractivity contribution is 5.77. The van der Waals surface area contributed by atoms with E-state index in [-0.39, 0.29) is 5.41 Å². The van der Waals surface area contributed by atoms with Crippen LogP contribution in [0.1, 0.15) is 46.6 Å². The average molecular weight is 473 g/mol. The number of nitrogens with zero attached hydrogens (tertiary/aromatic N) is 2. The first-order valence-corrected chi connectivity index (χ1v) is 12.5. The Morgan fingerprint density at radius 3 is 2.14 bits per heavy atom. The van der Waals surface area contributed by atoms with E-state index in [0.717, 1.165) is 54.4 Å². The van der Waals surface area contributed by atoms with Crippen molar-refractivity contribution in [3.63, 3.8) is 0 Å². The van der Waals surface area contributed by atoms with Crippen molar-refractivity contribution >= 4 is 11.1 Å². The lowest BCUT2D eigenvalue weighted by molar-refractivity contribution is 0.249. The molecular weight excluding hydrogens is 436 g/mol. The van der Waals surface area contributed by atoms with E-state index < -0.39 is 0 Å². The van der Waals surface area contributed by atoms with Crippen LogP contribution in [0.4, 0.5) is 0 Å². The number of benzene rings is 3. The van der Waals surface area contributed by atoms with Gasteiger partial charge in [-0.2, -0.15) is 0 Å². The standard InChI is InChI=1S/C30H36N2O3/c1-6-32(7-2)19-8-20-33-24-13-9-22(10-14-24)29-31-27-18-17-26(21-28(27)35-29)34-25-15-11-23(12-16-25)30(3,4)5/h9-18,21H,6-8,19-20H2,1-5H3. The molecule has 0 aliphatic heterocycles. The molecule has 0 unspecified atom stereocenters. The van der Waals surface area contributed by atoms with Crippen LogP contribution in [0, 0.1) is 0 Å². The number of fused-ring (bicyclic) bond motifs is 1. The molecule has 35 heavy (non-hydrogen) atoms. The van der Waals surface area contributed by atoms with Crippen molar-refractivity contribution in [3.05, 3.63) is 72.3 Å². The Hall–Kier alpha value is -3.31. The minimum Gasteiger partial charge on any atom is -0.494 e. The zero-order chi connectivity index (χ0) is 24.8. The van der Waals surface area contributed by atoms with Crippen LogP contribution in [-0.4, -0.2) is 36.1 Å². The SMILES string of the molecule is CCN(CC)CCCOc1ccc(-c2nc3ccc(Oc4ccc(C(C)(C)C)cc4)cc3o2)cc1. The summed E-state index contributed by atoms with van der Waals surface area (Å²) in [5.41, 5.74) is 3.80. The molecule has 184 valence electrons. The van der Waals surface area contributed by atoms with E-state index in [1.165, 1.54) is 5.56 Å². The van der Waals surface area contributed by atoms with Crippen molar-refractivity contribution < 1.29 is 13.9 Å². The van der Waals surface area contributed by atoms with E-state index in [2.05, 4.69) is 56.6 Å². The molecule has 5 heteroatoms. The van der Waals surface area contributed by atoms with Crippen LogP contribution in [0.3, 0.4) is 0 Å². The molecule has 3 aromatic carbocycles. The van der Waals surface area contributed by atoms with Crippen LogP contribution in [-0.2, 0) is 5.41 Å². The first-order chi connectivity index (χ1) is 16.9. The summed E-state index contributed by atoms with van der Waals surface area (Å²) >= 11 is 0. The lowest BCUT2D eigenvalue weighted by atomic mass is 9.87. The topological polar surface area (TPSA) is 47.7 Å². The lowest BCUT2D eigenvalue weighted by Gasteiger charge is -2.19. The monoisotopic (exact) mass is 472 g/mol. The Morgan fingerprint density at radius 1 is 0.829 bits per heavy atom. The summed E-state index contributed by atoms with van der Waals surface area (Å²) in [6.45, 7) is 14.9. The van der Waals surface area contributed by atoms with Crippen molar-refractivity contribution in [2.24, 2.45) is 0 Å². The third-order valence-electron chi connectivity index (χ3n) is 6.20. The number of ether oxygens (including phenoxy) is 2. The molecule has 1 aromatic heterocycles. The number of hydrogen-bond donors (Lipinski definition) is 0. The molecule has 0 radical (unpaired) electrons. The zero-order valence-electron chi connectivity index (χ0n) is 21.5. The minimum absolute atomic E-state index is 0.114. The van der Waals surface area contributed by atoms with Crippen molar-refractivity contribution in [3.8, 4) is 28.7 Å². The van der Waals surface area contributed by atoms with Gasteiger partial charge in [0.2, 0.25) is 5.89 Å². The second kappa shape index (κ2) is 11.0. The molecule has 0 saturated heterocycles. The Labute approximate surface area is 208 Å². The fourth-order valence-corrected chi connectivity index (χ4v) is 3.96. The van der Waals surface area contributed by atoms with Gasteiger partial charge < -0.3 is 18.8 Å². The quantitative estimate of drug-likeness (QED) is 0.221. The van der Waals surface area contributed by atoms with E-state index in [0.29, 0.717) is 18.1 Å². The van der Waals surface area contributed by atoms with Crippen LogP contribution in [0.5, 0.6) is 17.2 Å². The molecule has 0 saturated carbocycles. The molecule has 0 amide bonds. The van der Waals surface area contributed by atoms with Crippen molar-refractivity contribution in [2.45, 2.75) is 46.5 Å². The molecule has 1 heterocycles. The third-order valence-corrected chi connectivity index (χ3v) is 6.20. The van der Waals surface area contributed by atoms with Crippen LogP contribution in [0.15, 0.2) is 71.1 Å². The predicted molar refractivity (Wildman–Crippen MR) is 143 cm³/mol. The Bertz CT molecular complexity index is 1220. The zero-order valence-corrected chi connectivity index (χ0v) is 21.5. The summed E-state index contributed by atoms with van der Waals surface area (Å²) < 4.78 is 18.0. The smallest absolute Gasteiger partial charge is 0.227 e. The van der Waals surface area contributed by atoms with Crippen molar-refractivity contribution in [1.82, 2.24) is 9.88 Å². The van der Waals surface area contributed by atoms with Gasteiger partial charge in [0.1, 0.15) is 22.8 Å². The van der Waals surface area contributed by atoms with Crippen LogP contribution >= 0.6 is 0 Å². The highest BCUT2D eigenvalue weighted by Crippen LogP contribution is 2.31. The Balaban J connectivity index is 1.39. The molecule has 0 atom stereocenters. The third kappa shape index (κ3) is 6.43. The fraction of sp³-hybridized carbons (Fsp3) is 0.367. The lowest BCUT2D eigenvalue weighted by Crippen LogP contribution is -2.25. The van der Waals surface area contributed by atoms with Gasteiger partial charge in [-0.3, -0.25) is 0 Å². The van der Waals surface area contributed by atoms with Gasteiger partial charge in [0.15, 0.2) is 5.58 Å². The van der Waals surface area contributed by atoms with Crippen LogP contribution in [0.25, 0.3) is 22.6 Å². The van der Waals surface area contributed by atoms with Crippen molar-refractivity contribution in [2.75, 3.05) is 26.2 Å². The van der Waals surface area contributed by atoms with Gasteiger partial charge in [0, 0.05) is 18.2 Å². The molecule has 5 nitrogen and oxygen atoms in total.